The van der Waals surface area contributed by atoms with Gasteiger partial charge in [0.15, 0.2) is 0 Å². The minimum atomic E-state index is 0. The third-order valence-electron chi connectivity index (χ3n) is 2.22. The van der Waals surface area contributed by atoms with E-state index in [2.05, 4.69) is 33.0 Å². The largest absolute Gasteiger partial charge is 0.331 e. The molecular weight excluding hydrogens is 208 g/mol. The van der Waals surface area contributed by atoms with Crippen molar-refractivity contribution in [2.75, 3.05) is 40.8 Å². The maximum absolute atomic E-state index is 3.67. The average molecular weight is 236 g/mol. The van der Waals surface area contributed by atoms with Crippen LogP contribution in [0.4, 0.5) is 0 Å². The van der Waals surface area contributed by atoms with Crippen LogP contribution in [0.5, 0.6) is 0 Å². The molecule has 0 fully saturated rings. The normalized spacial score (nSPS) is 10.9. The van der Waals surface area contributed by atoms with Gasteiger partial charge in [0.1, 0.15) is 0 Å². The molecule has 2 nitrogen and oxygen atoms in total. The van der Waals surface area contributed by atoms with Gasteiger partial charge in [-0.25, -0.2) is 0 Å². The molecule has 0 saturated heterocycles. The molecule has 0 aliphatic heterocycles. The van der Waals surface area contributed by atoms with Crippen LogP contribution in [0.1, 0.15) is 25.7 Å². The Balaban J connectivity index is 0. The molecule has 0 aliphatic rings. The van der Waals surface area contributed by atoms with Crippen molar-refractivity contribution in [3.8, 4) is 0 Å². The fourth-order valence-electron chi connectivity index (χ4n) is 1.39. The van der Waals surface area contributed by atoms with E-state index in [1.165, 1.54) is 32.2 Å². The fourth-order valence-corrected chi connectivity index (χ4v) is 1.39. The maximum Gasteiger partial charge on any atom is 0.0780 e. The Bertz CT molecular complexity index is 141. The summed E-state index contributed by atoms with van der Waals surface area (Å²) in [6, 6.07) is 0. The zero-order chi connectivity index (χ0) is 10.9. The van der Waals surface area contributed by atoms with E-state index in [4.69, 9.17) is 0 Å². The Morgan fingerprint density at radius 3 is 2.20 bits per heavy atom. The van der Waals surface area contributed by atoms with E-state index < -0.39 is 0 Å². The van der Waals surface area contributed by atoms with Crippen LogP contribution < -0.4 is 5.32 Å². The topological polar surface area (TPSA) is 12.0 Å². The first-order chi connectivity index (χ1) is 6.56. The van der Waals surface area contributed by atoms with Crippen molar-refractivity contribution in [3.05, 3.63) is 12.7 Å². The van der Waals surface area contributed by atoms with Gasteiger partial charge in [0, 0.05) is 6.54 Å². The maximum atomic E-state index is 3.67. The number of quaternary nitrogens is 1. The zero-order valence-corrected chi connectivity index (χ0v) is 11.4. The average Bonchev–Trinajstić information content (AvgIpc) is 2.08. The number of nitrogens with zero attached hydrogens (tertiary/aromatic N) is 1. The van der Waals surface area contributed by atoms with Gasteiger partial charge in [-0.1, -0.05) is 12.5 Å². The summed E-state index contributed by atoms with van der Waals surface area (Å²) in [7, 11) is 6.77. The monoisotopic (exact) mass is 235 g/mol. The van der Waals surface area contributed by atoms with Crippen molar-refractivity contribution in [1.29, 1.82) is 0 Å². The third kappa shape index (κ3) is 16.6. The summed E-state index contributed by atoms with van der Waals surface area (Å²) < 4.78 is 1.09. The summed E-state index contributed by atoms with van der Waals surface area (Å²) in [5, 5.41) is 3.32. The smallest absolute Gasteiger partial charge is 0.0780 e. The highest BCUT2D eigenvalue weighted by Gasteiger charge is 2.04. The Morgan fingerprint density at radius 1 is 1.07 bits per heavy atom. The molecule has 0 radical (unpaired) electrons. The van der Waals surface area contributed by atoms with E-state index in [1.54, 1.807) is 0 Å². The fraction of sp³-hybridized carbons (Fsp3) is 0.833. The van der Waals surface area contributed by atoms with Crippen LogP contribution >= 0.6 is 12.4 Å². The van der Waals surface area contributed by atoms with Crippen LogP contribution in [0.2, 0.25) is 0 Å². The molecule has 0 atom stereocenters. The summed E-state index contributed by atoms with van der Waals surface area (Å²) in [5.41, 5.74) is 0. The van der Waals surface area contributed by atoms with Gasteiger partial charge in [0.05, 0.1) is 27.7 Å². The Kier molecular flexibility index (Phi) is 12.1. The summed E-state index contributed by atoms with van der Waals surface area (Å²) in [6.45, 7) is 7.04. The number of hydrogen-bond acceptors (Lipinski definition) is 1. The van der Waals surface area contributed by atoms with Crippen molar-refractivity contribution in [1.82, 2.24) is 5.32 Å². The first kappa shape index (κ1) is 17.3. The van der Waals surface area contributed by atoms with Crippen LogP contribution in [0.3, 0.4) is 0 Å². The van der Waals surface area contributed by atoms with Gasteiger partial charge in [-0.15, -0.1) is 19.0 Å². The van der Waals surface area contributed by atoms with Gasteiger partial charge in [-0.05, 0) is 25.8 Å². The molecule has 0 aromatic rings. The Hall–Kier alpha value is -0.0500. The summed E-state index contributed by atoms with van der Waals surface area (Å²) in [6.07, 6.45) is 7.28. The lowest BCUT2D eigenvalue weighted by molar-refractivity contribution is -0.870. The zero-order valence-electron chi connectivity index (χ0n) is 10.6. The molecule has 0 aliphatic carbocycles. The molecule has 92 valence electrons. The Morgan fingerprint density at radius 2 is 1.67 bits per heavy atom. The molecule has 0 bridgehead atoms. The molecule has 0 spiro atoms. The van der Waals surface area contributed by atoms with Gasteiger partial charge < -0.3 is 9.80 Å². The van der Waals surface area contributed by atoms with Crippen molar-refractivity contribution in [3.63, 3.8) is 0 Å². The first-order valence-corrected chi connectivity index (χ1v) is 5.68. The molecule has 0 heterocycles. The second-order valence-corrected chi connectivity index (χ2v) is 4.92. The summed E-state index contributed by atoms with van der Waals surface area (Å²) >= 11 is 0. The van der Waals surface area contributed by atoms with Crippen molar-refractivity contribution in [2.45, 2.75) is 25.7 Å². The number of rotatable bonds is 9. The van der Waals surface area contributed by atoms with Crippen LogP contribution in [-0.2, 0) is 0 Å². The van der Waals surface area contributed by atoms with E-state index in [9.17, 15) is 0 Å². The van der Waals surface area contributed by atoms with E-state index in [0.29, 0.717) is 0 Å². The van der Waals surface area contributed by atoms with Gasteiger partial charge >= 0.3 is 0 Å². The van der Waals surface area contributed by atoms with Gasteiger partial charge in [-0.3, -0.25) is 0 Å². The molecule has 1 N–H and O–H groups in total. The molecule has 0 saturated carbocycles. The predicted molar refractivity (Wildman–Crippen MR) is 71.7 cm³/mol. The second-order valence-electron chi connectivity index (χ2n) is 4.92. The molecule has 15 heavy (non-hydrogen) atoms. The van der Waals surface area contributed by atoms with E-state index in [1.807, 2.05) is 6.08 Å². The van der Waals surface area contributed by atoms with E-state index >= 15 is 0 Å². The van der Waals surface area contributed by atoms with Crippen LogP contribution in [0, 0.1) is 0 Å². The predicted octanol–water partition coefficient (Wildman–Crippen LogP) is 2.45. The highest BCUT2D eigenvalue weighted by Crippen LogP contribution is 2.02. The van der Waals surface area contributed by atoms with Gasteiger partial charge in [0.2, 0.25) is 0 Å². The molecule has 3 heteroatoms. The quantitative estimate of drug-likeness (QED) is 0.368. The lowest BCUT2D eigenvalue weighted by Gasteiger charge is -2.23. The van der Waals surface area contributed by atoms with Crippen LogP contribution in [-0.4, -0.2) is 45.3 Å². The van der Waals surface area contributed by atoms with E-state index in [0.717, 1.165) is 17.6 Å². The molecule has 0 rings (SSSR count). The number of unbranched alkanes of at least 4 members (excludes halogenated alkanes) is 3. The summed E-state index contributed by atoms with van der Waals surface area (Å²) in [5.74, 6) is 0. The van der Waals surface area contributed by atoms with E-state index in [-0.39, 0.29) is 12.4 Å². The first-order valence-electron chi connectivity index (χ1n) is 5.68. The molecule has 0 unspecified atom stereocenters. The number of hydrogen-bond donors (Lipinski definition) is 1. The standard InChI is InChI=1S/C12H27N2.ClH/c1-5-10-13-11-8-6-7-9-12-14(2,3)4;/h5,13H,1,6-12H2,2-4H3;1H/q+1;. The number of nitrogens with one attached hydrogen (secondary N) is 1. The second kappa shape index (κ2) is 10.5. The van der Waals surface area contributed by atoms with Gasteiger partial charge in [-0.2, -0.15) is 0 Å². The molecule has 0 aromatic heterocycles. The lowest BCUT2D eigenvalue weighted by Crippen LogP contribution is -2.35. The third-order valence-corrected chi connectivity index (χ3v) is 2.22. The van der Waals surface area contributed by atoms with Crippen molar-refractivity contribution < 1.29 is 4.48 Å². The highest BCUT2D eigenvalue weighted by atomic mass is 35.5. The van der Waals surface area contributed by atoms with Crippen LogP contribution in [0.25, 0.3) is 0 Å². The number of halogens is 1. The van der Waals surface area contributed by atoms with Crippen molar-refractivity contribution in [2.24, 2.45) is 0 Å². The SMILES string of the molecule is C=CCNCCCCCC[N+](C)(C)C.Cl. The minimum absolute atomic E-state index is 0. The van der Waals surface area contributed by atoms with Crippen molar-refractivity contribution >= 4 is 12.4 Å². The lowest BCUT2D eigenvalue weighted by atomic mass is 10.2. The van der Waals surface area contributed by atoms with Gasteiger partial charge in [0.25, 0.3) is 0 Å². The Labute approximate surface area is 102 Å². The highest BCUT2D eigenvalue weighted by molar-refractivity contribution is 5.85. The molecule has 0 amide bonds. The molecule has 0 aromatic carbocycles. The minimum Gasteiger partial charge on any atom is -0.331 e. The van der Waals surface area contributed by atoms with Crippen LogP contribution in [0.15, 0.2) is 12.7 Å². The molecular formula is C12H28ClN2+. The summed E-state index contributed by atoms with van der Waals surface area (Å²) in [4.78, 5) is 0.